The van der Waals surface area contributed by atoms with Gasteiger partial charge in [-0.1, -0.05) is 6.07 Å². The van der Waals surface area contributed by atoms with Crippen LogP contribution in [-0.4, -0.2) is 18.0 Å². The van der Waals surface area contributed by atoms with Crippen molar-refractivity contribution in [2.24, 2.45) is 0 Å². The normalized spacial score (nSPS) is 11.7. The summed E-state index contributed by atoms with van der Waals surface area (Å²) in [5, 5.41) is 0. The van der Waals surface area contributed by atoms with Crippen LogP contribution >= 0.6 is 11.6 Å². The van der Waals surface area contributed by atoms with E-state index in [9.17, 15) is 26.7 Å². The monoisotopic (exact) mass is 288 g/mol. The van der Waals surface area contributed by atoms with Gasteiger partial charge in [0.1, 0.15) is 5.75 Å². The summed E-state index contributed by atoms with van der Waals surface area (Å²) in [6.07, 6.45) is -8.27. The third kappa shape index (κ3) is 3.83. The molecule has 0 spiro atoms. The van der Waals surface area contributed by atoms with Crippen LogP contribution < -0.4 is 4.74 Å². The van der Waals surface area contributed by atoms with Crippen LogP contribution in [0, 0.1) is 0 Å². The van der Waals surface area contributed by atoms with Crippen molar-refractivity contribution in [1.29, 1.82) is 0 Å². The third-order valence-electron chi connectivity index (χ3n) is 1.92. The number of benzene rings is 1. The lowest BCUT2D eigenvalue weighted by atomic mass is 10.1. The quantitative estimate of drug-likeness (QED) is 0.476. The SMILES string of the molecule is O=C(CCl)c1ccc(C(F)F)c(OC(F)(F)F)c1. The Kier molecular flexibility index (Phi) is 4.50. The highest BCUT2D eigenvalue weighted by Crippen LogP contribution is 2.33. The second-order valence-corrected chi connectivity index (χ2v) is 3.43. The number of Topliss-reactive ketones (excluding diaryl/α,β-unsaturated/α-hetero) is 1. The average molecular weight is 289 g/mol. The molecule has 1 rings (SSSR count). The second kappa shape index (κ2) is 5.51. The maximum Gasteiger partial charge on any atom is 0.573 e. The highest BCUT2D eigenvalue weighted by Gasteiger charge is 2.33. The Hall–Kier alpha value is -1.37. The van der Waals surface area contributed by atoms with Gasteiger partial charge < -0.3 is 4.74 Å². The highest BCUT2D eigenvalue weighted by atomic mass is 35.5. The molecule has 0 unspecified atom stereocenters. The molecule has 0 heterocycles. The number of halogens is 6. The Labute approximate surface area is 103 Å². The Morgan fingerprint density at radius 1 is 1.33 bits per heavy atom. The molecule has 0 aliphatic carbocycles. The van der Waals surface area contributed by atoms with Crippen molar-refractivity contribution < 1.29 is 31.5 Å². The number of rotatable bonds is 4. The maximum atomic E-state index is 12.5. The molecule has 0 aliphatic rings. The summed E-state index contributed by atoms with van der Waals surface area (Å²) in [5.41, 5.74) is -1.17. The van der Waals surface area contributed by atoms with Gasteiger partial charge >= 0.3 is 6.36 Å². The van der Waals surface area contributed by atoms with Crippen molar-refractivity contribution in [2.75, 3.05) is 5.88 Å². The second-order valence-electron chi connectivity index (χ2n) is 3.16. The summed E-state index contributed by atoms with van der Waals surface area (Å²) in [5.74, 6) is -2.27. The van der Waals surface area contributed by atoms with E-state index in [0.29, 0.717) is 12.1 Å². The Morgan fingerprint density at radius 3 is 2.39 bits per heavy atom. The van der Waals surface area contributed by atoms with E-state index in [-0.39, 0.29) is 5.56 Å². The first-order chi connectivity index (χ1) is 8.24. The third-order valence-corrected chi connectivity index (χ3v) is 2.16. The fourth-order valence-corrected chi connectivity index (χ4v) is 1.33. The number of hydrogen-bond donors (Lipinski definition) is 0. The zero-order valence-corrected chi connectivity index (χ0v) is 9.36. The van der Waals surface area contributed by atoms with E-state index in [1.165, 1.54) is 0 Å². The molecular weight excluding hydrogens is 283 g/mol. The number of ketones is 1. The molecule has 0 amide bonds. The lowest BCUT2D eigenvalue weighted by Crippen LogP contribution is -2.18. The van der Waals surface area contributed by atoms with Crippen LogP contribution in [0.2, 0.25) is 0 Å². The van der Waals surface area contributed by atoms with Crippen molar-refractivity contribution in [3.8, 4) is 5.75 Å². The van der Waals surface area contributed by atoms with Crippen LogP contribution in [0.1, 0.15) is 22.3 Å². The molecule has 0 fully saturated rings. The van der Waals surface area contributed by atoms with Crippen molar-refractivity contribution >= 4 is 17.4 Å². The van der Waals surface area contributed by atoms with Gasteiger partial charge in [-0.15, -0.1) is 24.8 Å². The number of alkyl halides is 6. The molecule has 1 aromatic carbocycles. The van der Waals surface area contributed by atoms with Gasteiger partial charge in [-0.3, -0.25) is 4.79 Å². The van der Waals surface area contributed by atoms with E-state index >= 15 is 0 Å². The molecule has 1 aromatic rings. The van der Waals surface area contributed by atoms with Gasteiger partial charge in [0.15, 0.2) is 5.78 Å². The van der Waals surface area contributed by atoms with E-state index < -0.39 is 35.8 Å². The zero-order valence-electron chi connectivity index (χ0n) is 8.60. The van der Waals surface area contributed by atoms with Crippen LogP contribution in [-0.2, 0) is 0 Å². The maximum absolute atomic E-state index is 12.5. The molecule has 0 saturated heterocycles. The van der Waals surface area contributed by atoms with Gasteiger partial charge in [-0.2, -0.15) is 0 Å². The summed E-state index contributed by atoms with van der Waals surface area (Å²) in [4.78, 5) is 11.2. The standard InChI is InChI=1S/C10H6ClF5O2/c11-4-7(17)5-1-2-6(9(12)13)8(3-5)18-10(14,15)16/h1-3,9H,4H2. The highest BCUT2D eigenvalue weighted by molar-refractivity contribution is 6.30. The number of ether oxygens (including phenoxy) is 1. The summed E-state index contributed by atoms with van der Waals surface area (Å²) >= 11 is 5.21. The minimum absolute atomic E-state index is 0.228. The largest absolute Gasteiger partial charge is 0.573 e. The number of hydrogen-bond acceptors (Lipinski definition) is 2. The molecule has 0 atom stereocenters. The molecule has 8 heteroatoms. The van der Waals surface area contributed by atoms with Crippen LogP contribution in [0.3, 0.4) is 0 Å². The summed E-state index contributed by atoms with van der Waals surface area (Å²) < 4.78 is 64.4. The fourth-order valence-electron chi connectivity index (χ4n) is 1.18. The molecule has 0 aromatic heterocycles. The topological polar surface area (TPSA) is 26.3 Å². The van der Waals surface area contributed by atoms with Gasteiger partial charge in [0, 0.05) is 5.56 Å². The molecule has 0 bridgehead atoms. The van der Waals surface area contributed by atoms with Crippen LogP contribution in [0.15, 0.2) is 18.2 Å². The predicted octanol–water partition coefficient (Wildman–Crippen LogP) is 3.94. The minimum Gasteiger partial charge on any atom is -0.405 e. The van der Waals surface area contributed by atoms with Crippen molar-refractivity contribution in [2.45, 2.75) is 12.8 Å². The first kappa shape index (κ1) is 14.7. The van der Waals surface area contributed by atoms with Crippen LogP contribution in [0.25, 0.3) is 0 Å². The Balaban J connectivity index is 3.20. The van der Waals surface area contributed by atoms with Crippen LogP contribution in [0.4, 0.5) is 22.0 Å². The van der Waals surface area contributed by atoms with E-state index in [1.807, 2.05) is 0 Å². The van der Waals surface area contributed by atoms with Gasteiger partial charge in [0.2, 0.25) is 0 Å². The van der Waals surface area contributed by atoms with E-state index in [1.54, 1.807) is 0 Å². The summed E-state index contributed by atoms with van der Waals surface area (Å²) in [6, 6.07) is 2.26. The minimum atomic E-state index is -5.12. The molecule has 0 aliphatic heterocycles. The average Bonchev–Trinajstić information content (AvgIpc) is 2.25. The molecule has 2 nitrogen and oxygen atoms in total. The Morgan fingerprint density at radius 2 is 1.94 bits per heavy atom. The lowest BCUT2D eigenvalue weighted by molar-refractivity contribution is -0.275. The first-order valence-electron chi connectivity index (χ1n) is 4.51. The summed E-state index contributed by atoms with van der Waals surface area (Å²) in [6.45, 7) is 0. The van der Waals surface area contributed by atoms with Crippen molar-refractivity contribution in [3.63, 3.8) is 0 Å². The number of carbonyl (C=O) groups is 1. The van der Waals surface area contributed by atoms with E-state index in [4.69, 9.17) is 11.6 Å². The van der Waals surface area contributed by atoms with Gasteiger partial charge in [0.25, 0.3) is 6.43 Å². The smallest absolute Gasteiger partial charge is 0.405 e. The number of carbonyl (C=O) groups excluding carboxylic acids is 1. The van der Waals surface area contributed by atoms with Crippen molar-refractivity contribution in [1.82, 2.24) is 0 Å². The van der Waals surface area contributed by atoms with Gasteiger partial charge in [0.05, 0.1) is 11.4 Å². The molecule has 0 radical (unpaired) electrons. The van der Waals surface area contributed by atoms with E-state index in [0.717, 1.165) is 6.07 Å². The van der Waals surface area contributed by atoms with Gasteiger partial charge in [-0.25, -0.2) is 8.78 Å². The lowest BCUT2D eigenvalue weighted by Gasteiger charge is -2.13. The Bertz CT molecular complexity index is 444. The van der Waals surface area contributed by atoms with Gasteiger partial charge in [-0.05, 0) is 12.1 Å². The van der Waals surface area contributed by atoms with E-state index in [2.05, 4.69) is 4.74 Å². The summed E-state index contributed by atoms with van der Waals surface area (Å²) in [7, 11) is 0. The predicted molar refractivity (Wildman–Crippen MR) is 53.1 cm³/mol. The molecular formula is C10H6ClF5O2. The van der Waals surface area contributed by atoms with Crippen molar-refractivity contribution in [3.05, 3.63) is 29.3 Å². The molecule has 18 heavy (non-hydrogen) atoms. The molecule has 0 N–H and O–H groups in total. The first-order valence-corrected chi connectivity index (χ1v) is 5.05. The fraction of sp³-hybridized carbons (Fsp3) is 0.300. The zero-order chi connectivity index (χ0) is 13.9. The van der Waals surface area contributed by atoms with Crippen LogP contribution in [0.5, 0.6) is 5.75 Å². The molecule has 0 saturated carbocycles. The molecule has 100 valence electrons.